The number of ether oxygens (including phenoxy) is 1. The lowest BCUT2D eigenvalue weighted by atomic mass is 10.3. The van der Waals surface area contributed by atoms with Gasteiger partial charge in [0.15, 0.2) is 0 Å². The molecule has 0 saturated carbocycles. The highest BCUT2D eigenvalue weighted by atomic mass is 127. The molecule has 0 aliphatic carbocycles. The van der Waals surface area contributed by atoms with Gasteiger partial charge in [-0.25, -0.2) is 0 Å². The van der Waals surface area contributed by atoms with Crippen LogP contribution in [0.5, 0.6) is 5.75 Å². The van der Waals surface area contributed by atoms with Crippen LogP contribution in [0.25, 0.3) is 0 Å². The molecule has 0 aliphatic rings. The van der Waals surface area contributed by atoms with Crippen LogP contribution in [0.2, 0.25) is 0 Å². The van der Waals surface area contributed by atoms with Crippen LogP contribution in [0.4, 0.5) is 11.4 Å². The molecule has 4 nitrogen and oxygen atoms in total. The molecule has 2 rings (SSSR count). The van der Waals surface area contributed by atoms with Gasteiger partial charge in [-0.3, -0.25) is 4.79 Å². The lowest BCUT2D eigenvalue weighted by Gasteiger charge is -2.09. The summed E-state index contributed by atoms with van der Waals surface area (Å²) in [6, 6.07) is 15.2. The third-order valence-electron chi connectivity index (χ3n) is 2.75. The second kappa shape index (κ2) is 7.87. The van der Waals surface area contributed by atoms with E-state index < -0.39 is 0 Å². The van der Waals surface area contributed by atoms with Gasteiger partial charge in [0.25, 0.3) is 0 Å². The fourth-order valence-corrected chi connectivity index (χ4v) is 2.12. The molecule has 0 radical (unpaired) electrons. The first-order valence-corrected chi connectivity index (χ1v) is 7.77. The first-order valence-electron chi connectivity index (χ1n) is 6.69. The van der Waals surface area contributed by atoms with Crippen molar-refractivity contribution in [1.29, 1.82) is 0 Å². The minimum absolute atomic E-state index is 0.0855. The molecule has 2 aromatic rings. The number of amides is 1. The molecule has 0 bridgehead atoms. The van der Waals surface area contributed by atoms with E-state index in [1.54, 1.807) is 0 Å². The average Bonchev–Trinajstić information content (AvgIpc) is 2.49. The van der Waals surface area contributed by atoms with Gasteiger partial charge >= 0.3 is 0 Å². The normalized spacial score (nSPS) is 10.0. The highest BCUT2D eigenvalue weighted by molar-refractivity contribution is 14.1. The molecule has 0 fully saturated rings. The zero-order valence-electron chi connectivity index (χ0n) is 11.7. The number of hydrogen-bond acceptors (Lipinski definition) is 3. The van der Waals surface area contributed by atoms with Gasteiger partial charge in [0, 0.05) is 14.9 Å². The molecule has 2 N–H and O–H groups in total. The average molecular weight is 396 g/mol. The fraction of sp³-hybridized carbons (Fsp3) is 0.188. The highest BCUT2D eigenvalue weighted by Crippen LogP contribution is 2.15. The molecule has 0 aromatic heterocycles. The van der Waals surface area contributed by atoms with Crippen LogP contribution in [0.15, 0.2) is 48.5 Å². The maximum atomic E-state index is 11.9. The lowest BCUT2D eigenvalue weighted by molar-refractivity contribution is -0.114. The summed E-state index contributed by atoms with van der Waals surface area (Å²) in [6.07, 6.45) is 0. The van der Waals surface area contributed by atoms with Crippen molar-refractivity contribution in [2.75, 3.05) is 23.8 Å². The zero-order chi connectivity index (χ0) is 15.1. The molecule has 21 heavy (non-hydrogen) atoms. The second-order valence-corrected chi connectivity index (χ2v) is 5.61. The van der Waals surface area contributed by atoms with Gasteiger partial charge in [0.2, 0.25) is 5.91 Å². The Bertz CT molecular complexity index is 582. The van der Waals surface area contributed by atoms with Crippen LogP contribution in [0.3, 0.4) is 0 Å². The van der Waals surface area contributed by atoms with Crippen molar-refractivity contribution in [3.63, 3.8) is 0 Å². The van der Waals surface area contributed by atoms with Crippen LogP contribution in [0.1, 0.15) is 6.92 Å². The van der Waals surface area contributed by atoms with Crippen molar-refractivity contribution >= 4 is 39.9 Å². The Morgan fingerprint density at radius 2 is 1.67 bits per heavy atom. The van der Waals surface area contributed by atoms with Gasteiger partial charge in [0.1, 0.15) is 5.75 Å². The minimum atomic E-state index is -0.0855. The predicted octanol–water partition coefficient (Wildman–Crippen LogP) is 3.74. The summed E-state index contributed by atoms with van der Waals surface area (Å²) in [5, 5.41) is 5.92. The summed E-state index contributed by atoms with van der Waals surface area (Å²) in [7, 11) is 0. The van der Waals surface area contributed by atoms with E-state index in [0.717, 1.165) is 20.7 Å². The molecule has 2 aromatic carbocycles. The minimum Gasteiger partial charge on any atom is -0.494 e. The van der Waals surface area contributed by atoms with E-state index in [2.05, 4.69) is 33.2 Å². The number of carbonyl (C=O) groups is 1. The molecule has 0 unspecified atom stereocenters. The van der Waals surface area contributed by atoms with E-state index in [9.17, 15) is 4.79 Å². The standard InChI is InChI=1S/C16H17IN2O2/c1-2-21-15-9-7-14(8-10-15)19-16(20)11-18-13-5-3-12(17)4-6-13/h3-10,18H,2,11H2,1H3,(H,19,20). The van der Waals surface area contributed by atoms with E-state index in [1.165, 1.54) is 0 Å². The first kappa shape index (κ1) is 15.6. The Morgan fingerprint density at radius 3 is 2.29 bits per heavy atom. The van der Waals surface area contributed by atoms with Gasteiger partial charge in [-0.1, -0.05) is 0 Å². The SMILES string of the molecule is CCOc1ccc(NC(=O)CNc2ccc(I)cc2)cc1. The topological polar surface area (TPSA) is 50.4 Å². The van der Waals surface area contributed by atoms with Crippen LogP contribution in [-0.2, 0) is 4.79 Å². The molecule has 0 spiro atoms. The van der Waals surface area contributed by atoms with Gasteiger partial charge in [-0.2, -0.15) is 0 Å². The van der Waals surface area contributed by atoms with Crippen molar-refractivity contribution < 1.29 is 9.53 Å². The Hall–Kier alpha value is -1.76. The van der Waals surface area contributed by atoms with Gasteiger partial charge < -0.3 is 15.4 Å². The van der Waals surface area contributed by atoms with E-state index in [-0.39, 0.29) is 12.5 Å². The number of hydrogen-bond donors (Lipinski definition) is 2. The number of anilines is 2. The Balaban J connectivity index is 1.82. The van der Waals surface area contributed by atoms with Crippen molar-refractivity contribution in [2.24, 2.45) is 0 Å². The van der Waals surface area contributed by atoms with E-state index >= 15 is 0 Å². The van der Waals surface area contributed by atoms with Crippen LogP contribution in [0, 0.1) is 3.57 Å². The van der Waals surface area contributed by atoms with Crippen molar-refractivity contribution in [3.8, 4) is 5.75 Å². The third-order valence-corrected chi connectivity index (χ3v) is 3.47. The molecule has 110 valence electrons. The molecule has 0 atom stereocenters. The summed E-state index contributed by atoms with van der Waals surface area (Å²) in [5.74, 6) is 0.713. The predicted molar refractivity (Wildman–Crippen MR) is 93.9 cm³/mol. The smallest absolute Gasteiger partial charge is 0.243 e. The van der Waals surface area contributed by atoms with Gasteiger partial charge in [0.05, 0.1) is 13.2 Å². The van der Waals surface area contributed by atoms with E-state index in [4.69, 9.17) is 4.74 Å². The monoisotopic (exact) mass is 396 g/mol. The summed E-state index contributed by atoms with van der Waals surface area (Å²) in [5.41, 5.74) is 1.69. The zero-order valence-corrected chi connectivity index (χ0v) is 13.9. The summed E-state index contributed by atoms with van der Waals surface area (Å²) < 4.78 is 6.52. The molecule has 0 heterocycles. The number of carbonyl (C=O) groups excluding carboxylic acids is 1. The Morgan fingerprint density at radius 1 is 1.05 bits per heavy atom. The van der Waals surface area contributed by atoms with Crippen LogP contribution < -0.4 is 15.4 Å². The maximum absolute atomic E-state index is 11.9. The number of rotatable bonds is 6. The van der Waals surface area contributed by atoms with Crippen molar-refractivity contribution in [1.82, 2.24) is 0 Å². The molecule has 5 heteroatoms. The third kappa shape index (κ3) is 5.26. The fourth-order valence-electron chi connectivity index (χ4n) is 1.76. The number of halogens is 1. The molecular weight excluding hydrogens is 379 g/mol. The summed E-state index contributed by atoms with van der Waals surface area (Å²) >= 11 is 2.24. The Labute approximate surface area is 138 Å². The summed E-state index contributed by atoms with van der Waals surface area (Å²) in [4.78, 5) is 11.9. The molecule has 1 amide bonds. The van der Waals surface area contributed by atoms with Crippen LogP contribution >= 0.6 is 22.6 Å². The first-order chi connectivity index (χ1) is 10.2. The number of nitrogens with one attached hydrogen (secondary N) is 2. The molecule has 0 aliphatic heterocycles. The molecular formula is C16H17IN2O2. The van der Waals surface area contributed by atoms with E-state index in [0.29, 0.717) is 6.61 Å². The van der Waals surface area contributed by atoms with Crippen molar-refractivity contribution in [3.05, 3.63) is 52.1 Å². The van der Waals surface area contributed by atoms with E-state index in [1.807, 2.05) is 55.5 Å². The van der Waals surface area contributed by atoms with Crippen LogP contribution in [-0.4, -0.2) is 19.1 Å². The molecule has 0 saturated heterocycles. The highest BCUT2D eigenvalue weighted by Gasteiger charge is 2.02. The quantitative estimate of drug-likeness (QED) is 0.732. The lowest BCUT2D eigenvalue weighted by Crippen LogP contribution is -2.21. The maximum Gasteiger partial charge on any atom is 0.243 e. The largest absolute Gasteiger partial charge is 0.494 e. The van der Waals surface area contributed by atoms with Gasteiger partial charge in [-0.05, 0) is 78.0 Å². The van der Waals surface area contributed by atoms with Gasteiger partial charge in [-0.15, -0.1) is 0 Å². The van der Waals surface area contributed by atoms with Crippen molar-refractivity contribution in [2.45, 2.75) is 6.92 Å². The number of benzene rings is 2. The Kier molecular flexibility index (Phi) is 5.86. The second-order valence-electron chi connectivity index (χ2n) is 4.37. The summed E-state index contributed by atoms with van der Waals surface area (Å²) in [6.45, 7) is 2.80.